The fourth-order valence-corrected chi connectivity index (χ4v) is 7.80. The summed E-state index contributed by atoms with van der Waals surface area (Å²) in [4.78, 5) is 41.5. The Bertz CT molecular complexity index is 2430. The highest BCUT2D eigenvalue weighted by Crippen LogP contribution is 2.47. The first kappa shape index (κ1) is 46.3. The van der Waals surface area contributed by atoms with E-state index in [1.54, 1.807) is 82.6 Å². The zero-order chi connectivity index (χ0) is 42.5. The Morgan fingerprint density at radius 1 is 0.516 bits per heavy atom. The molecule has 0 saturated carbocycles. The van der Waals surface area contributed by atoms with Crippen molar-refractivity contribution in [2.45, 2.75) is 58.7 Å². The van der Waals surface area contributed by atoms with Crippen molar-refractivity contribution in [1.29, 1.82) is 0 Å². The van der Waals surface area contributed by atoms with Crippen molar-refractivity contribution in [2.75, 3.05) is 9.80 Å². The van der Waals surface area contributed by atoms with Gasteiger partial charge in [-0.15, -0.1) is 0 Å². The van der Waals surface area contributed by atoms with Crippen LogP contribution in [0.4, 0.5) is 28.9 Å². The number of hydrogen-bond acceptors (Lipinski definition) is 6. The topological polar surface area (TPSA) is 118 Å². The molecule has 2 aliphatic heterocycles. The van der Waals surface area contributed by atoms with Gasteiger partial charge in [-0.2, -0.15) is 0 Å². The van der Waals surface area contributed by atoms with Crippen LogP contribution < -0.4 is 9.80 Å². The number of aliphatic hydroxyl groups is 1. The maximum atomic E-state index is 13.3. The van der Waals surface area contributed by atoms with Crippen LogP contribution >= 0.6 is 0 Å². The van der Waals surface area contributed by atoms with Gasteiger partial charge in [0.15, 0.2) is 5.78 Å². The molecule has 0 spiro atoms. The number of phenolic OH excluding ortho intramolecular Hbond substituents is 2. The molecule has 0 radical (unpaired) electrons. The summed E-state index contributed by atoms with van der Waals surface area (Å²) in [6.45, 7) is 0. The summed E-state index contributed by atoms with van der Waals surface area (Å²) in [7, 11) is 0. The highest BCUT2D eigenvalue weighted by Gasteiger charge is 2.49. The molecule has 322 valence electrons. The van der Waals surface area contributed by atoms with E-state index >= 15 is 0 Å². The second-order valence-corrected chi connectivity index (χ2v) is 14.8. The lowest BCUT2D eigenvalue weighted by molar-refractivity contribution is -0.131. The second kappa shape index (κ2) is 20.2. The molecule has 6 aromatic rings. The van der Waals surface area contributed by atoms with E-state index in [0.29, 0.717) is 41.8 Å². The minimum Gasteiger partial charge on any atom is -0.508 e. The normalized spacial score (nSPS) is 18.2. The Morgan fingerprint density at radius 3 is 1.27 bits per heavy atom. The molecular formula is C50H48F4N2O6. The van der Waals surface area contributed by atoms with Gasteiger partial charge in [-0.25, -0.2) is 17.6 Å². The summed E-state index contributed by atoms with van der Waals surface area (Å²) in [5, 5.41) is 29.6. The number of ketones is 1. The fourth-order valence-electron chi connectivity index (χ4n) is 7.80. The summed E-state index contributed by atoms with van der Waals surface area (Å²) in [5.41, 5.74) is 3.82. The van der Waals surface area contributed by atoms with Gasteiger partial charge in [0.1, 0.15) is 34.8 Å². The predicted molar refractivity (Wildman–Crippen MR) is 230 cm³/mol. The molecule has 2 saturated heterocycles. The van der Waals surface area contributed by atoms with Crippen LogP contribution in [-0.4, -0.2) is 32.9 Å². The third kappa shape index (κ3) is 10.2. The monoisotopic (exact) mass is 848 g/mol. The van der Waals surface area contributed by atoms with Crippen LogP contribution in [0, 0.1) is 35.1 Å². The highest BCUT2D eigenvalue weighted by atomic mass is 19.1. The summed E-state index contributed by atoms with van der Waals surface area (Å²) < 4.78 is 52.8. The van der Waals surface area contributed by atoms with Gasteiger partial charge in [-0.1, -0.05) is 51.3 Å². The van der Waals surface area contributed by atoms with E-state index in [4.69, 9.17) is 0 Å². The van der Waals surface area contributed by atoms with E-state index in [-0.39, 0.29) is 80.0 Å². The molecule has 0 unspecified atom stereocenters. The van der Waals surface area contributed by atoms with E-state index in [9.17, 15) is 47.3 Å². The van der Waals surface area contributed by atoms with E-state index in [0.717, 1.165) is 11.1 Å². The van der Waals surface area contributed by atoms with Crippen molar-refractivity contribution in [3.8, 4) is 11.5 Å². The van der Waals surface area contributed by atoms with Crippen molar-refractivity contribution >= 4 is 29.0 Å². The Hall–Kier alpha value is -6.79. The average Bonchev–Trinajstić information content (AvgIpc) is 3.24. The van der Waals surface area contributed by atoms with E-state index < -0.39 is 23.7 Å². The number of carbonyl (C=O) groups excluding carboxylic acids is 3. The first-order valence-corrected chi connectivity index (χ1v) is 19.4. The van der Waals surface area contributed by atoms with Crippen LogP contribution in [0.25, 0.3) is 0 Å². The van der Waals surface area contributed by atoms with Crippen molar-refractivity contribution < 1.29 is 47.3 Å². The number of rotatable bonds is 12. The molecular weight excluding hydrogens is 801 g/mol. The molecule has 2 aliphatic rings. The molecule has 6 aromatic carbocycles. The van der Waals surface area contributed by atoms with Gasteiger partial charge in [0, 0.05) is 23.4 Å². The molecule has 8 rings (SSSR count). The van der Waals surface area contributed by atoms with Gasteiger partial charge in [0.25, 0.3) is 0 Å². The van der Waals surface area contributed by atoms with Crippen LogP contribution in [0.15, 0.2) is 146 Å². The Kier molecular flexibility index (Phi) is 15.1. The van der Waals surface area contributed by atoms with Gasteiger partial charge in [0.2, 0.25) is 11.8 Å². The lowest BCUT2D eigenvalue weighted by atomic mass is 9.78. The van der Waals surface area contributed by atoms with Crippen LogP contribution in [0.2, 0.25) is 0 Å². The number of nitrogens with zero attached hydrogens (tertiary/aromatic N) is 2. The van der Waals surface area contributed by atoms with Crippen LogP contribution in [0.1, 0.15) is 85.8 Å². The first-order chi connectivity index (χ1) is 28.9. The largest absolute Gasteiger partial charge is 0.508 e. The number of halogens is 4. The minimum atomic E-state index is -0.807. The van der Waals surface area contributed by atoms with Crippen molar-refractivity contribution in [2.24, 2.45) is 11.8 Å². The molecule has 2 heterocycles. The van der Waals surface area contributed by atoms with Crippen LogP contribution in [0.3, 0.4) is 0 Å². The molecule has 0 aromatic heterocycles. The maximum absolute atomic E-state index is 13.3. The molecule has 62 heavy (non-hydrogen) atoms. The number of Topliss-reactive ketones (excluding diaryl/α,β-unsaturated/α-hetero) is 1. The van der Waals surface area contributed by atoms with Crippen LogP contribution in [-0.2, 0) is 9.59 Å². The Morgan fingerprint density at radius 2 is 0.871 bits per heavy atom. The smallest absolute Gasteiger partial charge is 0.233 e. The molecule has 0 aliphatic carbocycles. The summed E-state index contributed by atoms with van der Waals surface area (Å²) in [6, 6.07) is 35.0. The summed E-state index contributed by atoms with van der Waals surface area (Å²) >= 11 is 0. The number of hydrogen-bond donors (Lipinski definition) is 3. The summed E-state index contributed by atoms with van der Waals surface area (Å²) in [5.74, 6) is -2.53. The number of amides is 2. The third-order valence-electron chi connectivity index (χ3n) is 11.0. The van der Waals surface area contributed by atoms with Gasteiger partial charge in [-0.3, -0.25) is 14.4 Å². The van der Waals surface area contributed by atoms with E-state index in [1.807, 2.05) is 0 Å². The highest BCUT2D eigenvalue weighted by molar-refractivity contribution is 6.04. The SMILES string of the molecule is C.C.O=C(CC[C@H]1C(=O)N(c2ccc(F)cc2)[C@@H]1c1ccc(O)cc1)c1ccc(F)cc1.O=C1[C@H](CC[C@H](O)c2ccc(F)cc2)[C@@H](c2ccc(O)cc2)N1c1ccc(F)cc1. The summed E-state index contributed by atoms with van der Waals surface area (Å²) in [6.07, 6.45) is 0.444. The van der Waals surface area contributed by atoms with Crippen molar-refractivity contribution in [1.82, 2.24) is 0 Å². The van der Waals surface area contributed by atoms with Gasteiger partial charge >= 0.3 is 0 Å². The first-order valence-electron chi connectivity index (χ1n) is 19.4. The van der Waals surface area contributed by atoms with E-state index in [2.05, 4.69) is 0 Å². The molecule has 8 nitrogen and oxygen atoms in total. The fraction of sp³-hybridized carbons (Fsp3) is 0.220. The van der Waals surface area contributed by atoms with E-state index in [1.165, 1.54) is 72.8 Å². The quantitative estimate of drug-likeness (QED) is 0.0641. The number of phenols is 2. The number of aromatic hydroxyl groups is 2. The third-order valence-corrected chi connectivity index (χ3v) is 11.0. The number of anilines is 2. The van der Waals surface area contributed by atoms with Crippen molar-refractivity contribution in [3.05, 3.63) is 191 Å². The van der Waals surface area contributed by atoms with Gasteiger partial charge in [0.05, 0.1) is 30.0 Å². The number of carbonyl (C=O) groups is 3. The van der Waals surface area contributed by atoms with Gasteiger partial charge < -0.3 is 25.1 Å². The lowest BCUT2D eigenvalue weighted by Gasteiger charge is -2.48. The molecule has 2 fully saturated rings. The molecule has 3 N–H and O–H groups in total. The van der Waals surface area contributed by atoms with Crippen molar-refractivity contribution in [3.63, 3.8) is 0 Å². The number of β-lactam (4-membered cyclic amide) rings is 2. The maximum Gasteiger partial charge on any atom is 0.233 e. The number of benzene rings is 6. The molecule has 0 bridgehead atoms. The average molecular weight is 849 g/mol. The molecule has 12 heteroatoms. The lowest BCUT2D eigenvalue weighted by Crippen LogP contribution is -2.55. The number of aliphatic hydroxyl groups excluding tert-OH is 1. The zero-order valence-corrected chi connectivity index (χ0v) is 32.0. The Balaban J connectivity index is 0.000000227. The molecule has 5 atom stereocenters. The predicted octanol–water partition coefficient (Wildman–Crippen LogP) is 11.2. The zero-order valence-electron chi connectivity index (χ0n) is 32.0. The van der Waals surface area contributed by atoms with Gasteiger partial charge in [-0.05, 0) is 145 Å². The molecule has 2 amide bonds. The Labute approximate surface area is 358 Å². The second-order valence-electron chi connectivity index (χ2n) is 14.8. The van der Waals surface area contributed by atoms with Crippen LogP contribution in [0.5, 0.6) is 11.5 Å². The minimum absolute atomic E-state index is 0. The standard InChI is InChI=1S/C24H21F2NO3.C24H19F2NO3.2CH4/c2*25-17-5-1-15(2-6-17)22(29)14-13-21-23(16-3-11-20(28)12-4-16)27(24(21)30)19-9-7-18(26)8-10-19;;/h1-12,21-23,28-29H,13-14H2;1-12,21,23,28H,13-14H2;2*1H4/t21-,22+,23-;21-,23-;;/m11../s1.